The van der Waals surface area contributed by atoms with Gasteiger partial charge in [0.1, 0.15) is 5.75 Å². The van der Waals surface area contributed by atoms with Crippen LogP contribution in [-0.2, 0) is 0 Å². The van der Waals surface area contributed by atoms with E-state index < -0.39 is 0 Å². The predicted octanol–water partition coefficient (Wildman–Crippen LogP) is 4.74. The van der Waals surface area contributed by atoms with Crippen molar-refractivity contribution in [2.75, 3.05) is 12.4 Å². The number of aryl methyl sites for hydroxylation is 1. The van der Waals surface area contributed by atoms with E-state index in [9.17, 15) is 10.1 Å². The summed E-state index contributed by atoms with van der Waals surface area (Å²) in [7, 11) is 1.55. The fourth-order valence-electron chi connectivity index (χ4n) is 4.11. The van der Waals surface area contributed by atoms with Crippen LogP contribution in [-0.4, -0.2) is 12.0 Å². The van der Waals surface area contributed by atoms with Crippen LogP contribution in [0, 0.1) is 23.0 Å². The Morgan fingerprint density at radius 3 is 2.84 bits per heavy atom. The van der Waals surface area contributed by atoms with Crippen LogP contribution in [0.2, 0.25) is 0 Å². The molecule has 5 heteroatoms. The molecule has 5 nitrogen and oxygen atoms in total. The van der Waals surface area contributed by atoms with Crippen molar-refractivity contribution < 1.29 is 9.66 Å². The Kier molecular flexibility index (Phi) is 3.71. The summed E-state index contributed by atoms with van der Waals surface area (Å²) in [5.74, 6) is 1.04. The normalized spacial score (nSPS) is 23.5. The van der Waals surface area contributed by atoms with Crippen LogP contribution in [0.15, 0.2) is 48.6 Å². The van der Waals surface area contributed by atoms with Crippen LogP contribution in [0.1, 0.15) is 35.1 Å². The highest BCUT2D eigenvalue weighted by atomic mass is 16.6. The van der Waals surface area contributed by atoms with Crippen molar-refractivity contribution in [3.8, 4) is 5.75 Å². The molecule has 0 spiro atoms. The van der Waals surface area contributed by atoms with Gasteiger partial charge < -0.3 is 10.1 Å². The smallest absolute Gasteiger partial charge is 0.273 e. The van der Waals surface area contributed by atoms with E-state index in [4.69, 9.17) is 4.74 Å². The Morgan fingerprint density at radius 1 is 1.28 bits per heavy atom. The minimum Gasteiger partial charge on any atom is -0.494 e. The zero-order valence-electron chi connectivity index (χ0n) is 14.2. The summed E-state index contributed by atoms with van der Waals surface area (Å²) < 4.78 is 5.47. The molecule has 3 atom stereocenters. The molecular formula is C20H20N2O3. The molecule has 0 amide bonds. The molecule has 2 aromatic rings. The number of benzene rings is 2. The molecule has 0 saturated heterocycles. The van der Waals surface area contributed by atoms with E-state index in [0.29, 0.717) is 11.7 Å². The third-order valence-electron chi connectivity index (χ3n) is 5.25. The van der Waals surface area contributed by atoms with Gasteiger partial charge in [-0.1, -0.05) is 42.0 Å². The Morgan fingerprint density at radius 2 is 2.12 bits per heavy atom. The Balaban J connectivity index is 1.85. The molecule has 1 aliphatic heterocycles. The molecule has 0 saturated carbocycles. The summed E-state index contributed by atoms with van der Waals surface area (Å²) in [6.07, 6.45) is 5.32. The van der Waals surface area contributed by atoms with Gasteiger partial charge in [-0.25, -0.2) is 0 Å². The molecule has 0 radical (unpaired) electrons. The van der Waals surface area contributed by atoms with Crippen LogP contribution < -0.4 is 10.1 Å². The summed E-state index contributed by atoms with van der Waals surface area (Å²) in [5.41, 5.74) is 4.36. The van der Waals surface area contributed by atoms with Gasteiger partial charge in [0.25, 0.3) is 5.69 Å². The summed E-state index contributed by atoms with van der Waals surface area (Å²) in [5, 5.41) is 14.9. The molecular weight excluding hydrogens is 316 g/mol. The average molecular weight is 336 g/mol. The first-order chi connectivity index (χ1) is 12.1. The van der Waals surface area contributed by atoms with Crippen LogP contribution in [0.4, 0.5) is 11.4 Å². The molecule has 1 heterocycles. The molecule has 2 aromatic carbocycles. The van der Waals surface area contributed by atoms with Gasteiger partial charge in [0.15, 0.2) is 0 Å². The first kappa shape index (κ1) is 15.7. The minimum atomic E-state index is -0.358. The lowest BCUT2D eigenvalue weighted by Gasteiger charge is -2.38. The monoisotopic (exact) mass is 336 g/mol. The first-order valence-electron chi connectivity index (χ1n) is 8.44. The number of hydrogen-bond acceptors (Lipinski definition) is 4. The molecule has 2 aliphatic rings. The van der Waals surface area contributed by atoms with E-state index >= 15 is 0 Å². The van der Waals surface area contributed by atoms with Crippen molar-refractivity contribution in [1.82, 2.24) is 0 Å². The van der Waals surface area contributed by atoms with Crippen molar-refractivity contribution in [3.05, 3.63) is 75.4 Å². The van der Waals surface area contributed by atoms with Gasteiger partial charge >= 0.3 is 0 Å². The molecule has 128 valence electrons. The maximum atomic E-state index is 11.3. The first-order valence-corrected chi connectivity index (χ1v) is 8.44. The lowest BCUT2D eigenvalue weighted by Crippen LogP contribution is -2.29. The van der Waals surface area contributed by atoms with Crippen LogP contribution in [0.3, 0.4) is 0 Å². The van der Waals surface area contributed by atoms with Crippen LogP contribution in [0.25, 0.3) is 0 Å². The molecule has 0 unspecified atom stereocenters. The standard InChI is InChI=1S/C20H20N2O3/c1-12-5-3-6-13(9-12)19-16-8-4-7-15(16)17-10-14(22(23)24)11-18(25-2)20(17)21-19/h3-7,9-11,15-16,19,21H,8H2,1-2H3/t15-,16+,19-/m1/s1. The summed E-state index contributed by atoms with van der Waals surface area (Å²) in [6.45, 7) is 2.09. The maximum absolute atomic E-state index is 11.3. The Labute approximate surface area is 146 Å². The number of non-ortho nitro benzene ring substituents is 1. The number of allylic oxidation sites excluding steroid dienone is 2. The van der Waals surface area contributed by atoms with Crippen molar-refractivity contribution in [1.29, 1.82) is 0 Å². The Bertz CT molecular complexity index is 875. The van der Waals surface area contributed by atoms with Gasteiger partial charge in [0, 0.05) is 12.0 Å². The third kappa shape index (κ3) is 2.56. The number of nitrogens with zero attached hydrogens (tertiary/aromatic N) is 1. The number of nitro groups is 1. The topological polar surface area (TPSA) is 64.4 Å². The highest BCUT2D eigenvalue weighted by Gasteiger charge is 2.40. The van der Waals surface area contributed by atoms with Gasteiger partial charge in [-0.3, -0.25) is 10.1 Å². The lowest BCUT2D eigenvalue weighted by molar-refractivity contribution is -0.385. The van der Waals surface area contributed by atoms with E-state index in [-0.39, 0.29) is 22.6 Å². The molecule has 1 aliphatic carbocycles. The number of rotatable bonds is 3. The largest absolute Gasteiger partial charge is 0.494 e. The number of ether oxygens (including phenoxy) is 1. The van der Waals surface area contributed by atoms with Crippen molar-refractivity contribution >= 4 is 11.4 Å². The average Bonchev–Trinajstić information content (AvgIpc) is 3.10. The van der Waals surface area contributed by atoms with Crippen molar-refractivity contribution in [3.63, 3.8) is 0 Å². The molecule has 1 N–H and O–H groups in total. The van der Waals surface area contributed by atoms with E-state index in [1.54, 1.807) is 13.2 Å². The number of fused-ring (bicyclic) bond motifs is 3. The second kappa shape index (κ2) is 5.92. The second-order valence-corrected chi connectivity index (χ2v) is 6.76. The predicted molar refractivity (Wildman–Crippen MR) is 97.2 cm³/mol. The number of hydrogen-bond donors (Lipinski definition) is 1. The van der Waals surface area contributed by atoms with E-state index in [1.807, 2.05) is 0 Å². The summed E-state index contributed by atoms with van der Waals surface area (Å²) in [4.78, 5) is 10.9. The molecule has 0 fully saturated rings. The molecule has 4 rings (SSSR count). The van der Waals surface area contributed by atoms with Crippen molar-refractivity contribution in [2.24, 2.45) is 5.92 Å². The van der Waals surface area contributed by atoms with Gasteiger partial charge in [-0.15, -0.1) is 0 Å². The van der Waals surface area contributed by atoms with Gasteiger partial charge in [0.05, 0.1) is 29.8 Å². The highest BCUT2D eigenvalue weighted by Crippen LogP contribution is 2.53. The van der Waals surface area contributed by atoms with Crippen LogP contribution in [0.5, 0.6) is 5.75 Å². The maximum Gasteiger partial charge on any atom is 0.273 e. The van der Waals surface area contributed by atoms with Gasteiger partial charge in [-0.2, -0.15) is 0 Å². The summed E-state index contributed by atoms with van der Waals surface area (Å²) in [6, 6.07) is 11.9. The van der Waals surface area contributed by atoms with E-state index in [0.717, 1.165) is 17.7 Å². The number of anilines is 1. The number of nitrogens with one attached hydrogen (secondary N) is 1. The fraction of sp³-hybridized carbons (Fsp3) is 0.300. The van der Waals surface area contributed by atoms with E-state index in [1.165, 1.54) is 17.2 Å². The third-order valence-corrected chi connectivity index (χ3v) is 5.25. The number of nitro benzene ring substituents is 1. The Hall–Kier alpha value is -2.82. The van der Waals surface area contributed by atoms with Crippen molar-refractivity contribution in [2.45, 2.75) is 25.3 Å². The van der Waals surface area contributed by atoms with Crippen LogP contribution >= 0.6 is 0 Å². The molecule has 0 aromatic heterocycles. The number of methoxy groups -OCH3 is 1. The van der Waals surface area contributed by atoms with E-state index in [2.05, 4.69) is 48.7 Å². The summed E-state index contributed by atoms with van der Waals surface area (Å²) >= 11 is 0. The zero-order chi connectivity index (χ0) is 17.6. The molecule has 25 heavy (non-hydrogen) atoms. The minimum absolute atomic E-state index is 0.0745. The second-order valence-electron chi connectivity index (χ2n) is 6.76. The zero-order valence-corrected chi connectivity index (χ0v) is 14.2. The fourth-order valence-corrected chi connectivity index (χ4v) is 4.11. The quantitative estimate of drug-likeness (QED) is 0.499. The lowest BCUT2D eigenvalue weighted by atomic mass is 9.76. The SMILES string of the molecule is COc1cc([N+](=O)[O-])cc2c1N[C@H](c1cccc(C)c1)[C@H]1CC=C[C@@H]21. The van der Waals surface area contributed by atoms with Gasteiger partial charge in [-0.05, 0) is 30.4 Å². The molecule has 0 bridgehead atoms. The van der Waals surface area contributed by atoms with Gasteiger partial charge in [0.2, 0.25) is 0 Å². The highest BCUT2D eigenvalue weighted by molar-refractivity contribution is 5.71.